The predicted octanol–water partition coefficient (Wildman–Crippen LogP) is 14.5. The second-order valence-electron chi connectivity index (χ2n) is 18.1. The summed E-state index contributed by atoms with van der Waals surface area (Å²) in [6.07, 6.45) is 7.11. The molecule has 56 heavy (non-hydrogen) atoms. The van der Waals surface area contributed by atoms with E-state index in [0.717, 1.165) is 29.4 Å². The topological polar surface area (TPSA) is 3.24 Å². The number of anilines is 3. The van der Waals surface area contributed by atoms with Gasteiger partial charge in [-0.1, -0.05) is 141 Å². The molecule has 272 valence electrons. The Morgan fingerprint density at radius 3 is 1.66 bits per heavy atom. The van der Waals surface area contributed by atoms with E-state index in [9.17, 15) is 0 Å². The van der Waals surface area contributed by atoms with Crippen LogP contribution in [0.3, 0.4) is 0 Å². The molecule has 0 amide bonds. The molecule has 4 bridgehead atoms. The van der Waals surface area contributed by atoms with Gasteiger partial charge < -0.3 is 4.90 Å². The Balaban J connectivity index is 1.02. The molecule has 7 aromatic rings. The van der Waals surface area contributed by atoms with E-state index in [4.69, 9.17) is 0 Å². The van der Waals surface area contributed by atoms with Gasteiger partial charge in [0.15, 0.2) is 0 Å². The fourth-order valence-electron chi connectivity index (χ4n) is 12.9. The van der Waals surface area contributed by atoms with Crippen LogP contribution in [0.25, 0.3) is 44.5 Å². The van der Waals surface area contributed by atoms with Crippen LogP contribution in [0.5, 0.6) is 0 Å². The van der Waals surface area contributed by atoms with E-state index in [1.165, 1.54) is 99.1 Å². The van der Waals surface area contributed by atoms with Crippen LogP contribution in [0.1, 0.15) is 68.2 Å². The quantitative estimate of drug-likeness (QED) is 0.171. The lowest BCUT2D eigenvalue weighted by Gasteiger charge is -2.61. The van der Waals surface area contributed by atoms with Crippen LogP contribution >= 0.6 is 0 Å². The Labute approximate surface area is 331 Å². The molecule has 0 aromatic heterocycles. The first kappa shape index (κ1) is 32.6. The lowest BCUT2D eigenvalue weighted by atomic mass is 9.43. The number of nitrogens with zero attached hydrogens (tertiary/aromatic N) is 1. The van der Waals surface area contributed by atoms with Gasteiger partial charge in [0.25, 0.3) is 0 Å². The van der Waals surface area contributed by atoms with Crippen molar-refractivity contribution in [3.05, 3.63) is 186 Å². The van der Waals surface area contributed by atoms with Crippen LogP contribution < -0.4 is 4.90 Å². The Bertz CT molecular complexity index is 2650. The molecule has 4 saturated carbocycles. The molecule has 0 saturated heterocycles. The van der Waals surface area contributed by atoms with Crippen molar-refractivity contribution in [3.8, 4) is 44.5 Å². The molecular weight excluding hydrogens is 675 g/mol. The van der Waals surface area contributed by atoms with Crippen LogP contribution in [0.4, 0.5) is 17.1 Å². The third-order valence-electron chi connectivity index (χ3n) is 15.1. The maximum Gasteiger partial charge on any atom is 0.0540 e. The van der Waals surface area contributed by atoms with Crippen LogP contribution in [-0.4, -0.2) is 0 Å². The average Bonchev–Trinajstić information content (AvgIpc) is 3.66. The van der Waals surface area contributed by atoms with E-state index >= 15 is 0 Å². The number of rotatable bonds is 5. The molecule has 0 radical (unpaired) electrons. The average molecular weight is 722 g/mol. The predicted molar refractivity (Wildman–Crippen MR) is 233 cm³/mol. The fraction of sp³-hybridized carbons (Fsp3) is 0.236. The molecule has 7 aromatic carbocycles. The van der Waals surface area contributed by atoms with Crippen molar-refractivity contribution >= 4 is 17.1 Å². The minimum absolute atomic E-state index is 0.0917. The molecule has 1 heteroatoms. The summed E-state index contributed by atoms with van der Waals surface area (Å²) in [6.45, 7) is 4.76. The van der Waals surface area contributed by atoms with Crippen molar-refractivity contribution in [1.82, 2.24) is 0 Å². The first-order valence-electron chi connectivity index (χ1n) is 21.0. The first-order chi connectivity index (χ1) is 27.5. The number of fused-ring (bicyclic) bond motifs is 6. The van der Waals surface area contributed by atoms with Crippen molar-refractivity contribution in [2.24, 2.45) is 23.7 Å². The van der Waals surface area contributed by atoms with Gasteiger partial charge >= 0.3 is 0 Å². The molecule has 1 nitrogen and oxygen atoms in total. The monoisotopic (exact) mass is 721 g/mol. The second-order valence-corrected chi connectivity index (χ2v) is 18.1. The second kappa shape index (κ2) is 11.9. The lowest BCUT2D eigenvalue weighted by molar-refractivity contribution is -0.0399. The summed E-state index contributed by atoms with van der Waals surface area (Å²) in [6, 6.07) is 62.2. The Morgan fingerprint density at radius 1 is 0.393 bits per heavy atom. The van der Waals surface area contributed by atoms with Crippen molar-refractivity contribution in [2.45, 2.75) is 56.8 Å². The van der Waals surface area contributed by atoms with E-state index < -0.39 is 0 Å². The smallest absolute Gasteiger partial charge is 0.0540 e. The molecule has 0 N–H and O–H groups in total. The van der Waals surface area contributed by atoms with Gasteiger partial charge in [0, 0.05) is 27.8 Å². The number of benzene rings is 7. The van der Waals surface area contributed by atoms with Crippen molar-refractivity contribution in [3.63, 3.8) is 0 Å². The zero-order valence-electron chi connectivity index (χ0n) is 32.4. The van der Waals surface area contributed by atoms with Crippen molar-refractivity contribution in [1.29, 1.82) is 0 Å². The minimum atomic E-state index is -0.0917. The molecule has 4 fully saturated rings. The highest BCUT2D eigenvalue weighted by Gasteiger charge is 2.61. The van der Waals surface area contributed by atoms with Gasteiger partial charge in [-0.25, -0.2) is 0 Å². The summed E-state index contributed by atoms with van der Waals surface area (Å²) in [7, 11) is 0. The fourth-order valence-corrected chi connectivity index (χ4v) is 12.9. The highest BCUT2D eigenvalue weighted by Crippen LogP contribution is 2.69. The van der Waals surface area contributed by atoms with E-state index in [2.05, 4.69) is 183 Å². The lowest BCUT2D eigenvalue weighted by Crippen LogP contribution is -2.55. The summed E-state index contributed by atoms with van der Waals surface area (Å²) in [5, 5.41) is 0. The molecule has 6 aliphatic rings. The Kier molecular flexibility index (Phi) is 6.93. The van der Waals surface area contributed by atoms with E-state index in [0.29, 0.717) is 0 Å². The number of para-hydroxylation sites is 1. The molecule has 0 heterocycles. The van der Waals surface area contributed by atoms with E-state index in [1.54, 1.807) is 11.1 Å². The third-order valence-corrected chi connectivity index (χ3v) is 15.1. The highest BCUT2D eigenvalue weighted by molar-refractivity contribution is 5.93. The summed E-state index contributed by atoms with van der Waals surface area (Å²) in [5.41, 5.74) is 20.3. The van der Waals surface area contributed by atoms with Gasteiger partial charge in [-0.15, -0.1) is 0 Å². The molecular formula is C55H47N. The zero-order valence-corrected chi connectivity index (χ0v) is 32.4. The van der Waals surface area contributed by atoms with Gasteiger partial charge in [0.05, 0.1) is 5.69 Å². The maximum atomic E-state index is 2.57. The SMILES string of the molecule is CC1(C)c2ccccc2-c2ccc(N(c3ccc(-c4ccccc4)cc3)c3ccccc3-c3ccc4c(c3)-c3ccccc3C43C4CC5CC(C4)CC3C5)cc21. The zero-order chi connectivity index (χ0) is 37.2. The molecule has 0 aliphatic heterocycles. The molecule has 0 unspecified atom stereocenters. The summed E-state index contributed by atoms with van der Waals surface area (Å²) in [5.74, 6) is 3.42. The maximum absolute atomic E-state index is 2.57. The summed E-state index contributed by atoms with van der Waals surface area (Å²) < 4.78 is 0. The van der Waals surface area contributed by atoms with Gasteiger partial charge in [-0.05, 0) is 153 Å². The number of hydrogen-bond acceptors (Lipinski definition) is 1. The van der Waals surface area contributed by atoms with Gasteiger partial charge in [-0.3, -0.25) is 0 Å². The molecule has 13 rings (SSSR count). The first-order valence-corrected chi connectivity index (χ1v) is 21.0. The van der Waals surface area contributed by atoms with Crippen LogP contribution in [-0.2, 0) is 10.8 Å². The largest absolute Gasteiger partial charge is 0.310 e. The summed E-state index contributed by atoms with van der Waals surface area (Å²) >= 11 is 0. The van der Waals surface area contributed by atoms with Crippen molar-refractivity contribution in [2.75, 3.05) is 4.90 Å². The van der Waals surface area contributed by atoms with Crippen LogP contribution in [0, 0.1) is 23.7 Å². The van der Waals surface area contributed by atoms with E-state index in [-0.39, 0.29) is 10.8 Å². The summed E-state index contributed by atoms with van der Waals surface area (Å²) in [4.78, 5) is 2.50. The normalized spacial score (nSPS) is 24.1. The van der Waals surface area contributed by atoms with Gasteiger partial charge in [0.2, 0.25) is 0 Å². The van der Waals surface area contributed by atoms with Crippen molar-refractivity contribution < 1.29 is 0 Å². The minimum Gasteiger partial charge on any atom is -0.310 e. The molecule has 6 aliphatic carbocycles. The highest BCUT2D eigenvalue weighted by atomic mass is 15.1. The molecule has 0 atom stereocenters. The van der Waals surface area contributed by atoms with E-state index in [1.807, 2.05) is 0 Å². The Morgan fingerprint density at radius 2 is 0.929 bits per heavy atom. The van der Waals surface area contributed by atoms with Crippen LogP contribution in [0.2, 0.25) is 0 Å². The molecule has 1 spiro atoms. The van der Waals surface area contributed by atoms with Gasteiger partial charge in [-0.2, -0.15) is 0 Å². The standard InChI is InChI=1S/C55H47N/c1-54(2)49-17-9-6-15-45(49)47-26-25-43(34-52(47)54)56(42-23-20-38(21-24-42)37-12-4-3-5-13-37)53-19-11-8-14-44(53)39-22-27-51-48(33-39)46-16-7-10-18-50(46)55(51)40-29-35-28-36(31-40)32-41(55)30-35/h3-27,33-36,40-41H,28-32H2,1-2H3. The third kappa shape index (κ3) is 4.49. The van der Waals surface area contributed by atoms with Crippen LogP contribution in [0.15, 0.2) is 164 Å². The van der Waals surface area contributed by atoms with Gasteiger partial charge in [0.1, 0.15) is 0 Å². The Hall–Kier alpha value is -5.66. The number of hydrogen-bond donors (Lipinski definition) is 0.